The number of carbonyl (C=O) groups excluding carboxylic acids is 1. The minimum Gasteiger partial charge on any atom is -0.388 e. The van der Waals surface area contributed by atoms with Crippen LogP contribution < -0.4 is 0 Å². The van der Waals surface area contributed by atoms with Crippen LogP contribution in [0.5, 0.6) is 0 Å². The topological polar surface area (TPSA) is 40.5 Å². The molecule has 3 atom stereocenters. The van der Waals surface area contributed by atoms with Crippen LogP contribution in [0, 0.1) is 0 Å². The van der Waals surface area contributed by atoms with E-state index in [0.29, 0.717) is 5.92 Å². The Morgan fingerprint density at radius 1 is 1.13 bits per heavy atom. The van der Waals surface area contributed by atoms with Gasteiger partial charge in [0.2, 0.25) is 5.91 Å². The van der Waals surface area contributed by atoms with Gasteiger partial charge in [-0.25, -0.2) is 0 Å². The lowest BCUT2D eigenvalue weighted by atomic mass is 9.93. The van der Waals surface area contributed by atoms with Gasteiger partial charge < -0.3 is 10.0 Å². The molecule has 120 valence electrons. The van der Waals surface area contributed by atoms with Gasteiger partial charge in [0.25, 0.3) is 0 Å². The zero-order chi connectivity index (χ0) is 16.2. The molecule has 23 heavy (non-hydrogen) atoms. The molecule has 0 saturated carbocycles. The predicted molar refractivity (Wildman–Crippen MR) is 91.0 cm³/mol. The van der Waals surface area contributed by atoms with Crippen molar-refractivity contribution >= 4 is 5.91 Å². The summed E-state index contributed by atoms with van der Waals surface area (Å²) in [5, 5.41) is 10.3. The van der Waals surface area contributed by atoms with Crippen molar-refractivity contribution in [2.45, 2.75) is 37.8 Å². The quantitative estimate of drug-likeness (QED) is 0.939. The van der Waals surface area contributed by atoms with E-state index in [9.17, 15) is 9.90 Å². The predicted octanol–water partition coefficient (Wildman–Crippen LogP) is 3.51. The number of aliphatic hydroxyl groups is 1. The van der Waals surface area contributed by atoms with Gasteiger partial charge >= 0.3 is 0 Å². The second kappa shape index (κ2) is 6.97. The van der Waals surface area contributed by atoms with Gasteiger partial charge in [-0.15, -0.1) is 0 Å². The van der Waals surface area contributed by atoms with Crippen molar-refractivity contribution < 1.29 is 9.90 Å². The first-order valence-corrected chi connectivity index (χ1v) is 8.24. The molecule has 3 rings (SSSR count). The highest BCUT2D eigenvalue weighted by Gasteiger charge is 2.35. The van der Waals surface area contributed by atoms with E-state index in [4.69, 9.17) is 0 Å². The van der Waals surface area contributed by atoms with E-state index in [1.807, 2.05) is 53.4 Å². The summed E-state index contributed by atoms with van der Waals surface area (Å²) in [4.78, 5) is 14.5. The van der Waals surface area contributed by atoms with Crippen molar-refractivity contribution in [2.24, 2.45) is 0 Å². The first-order valence-electron chi connectivity index (χ1n) is 8.24. The monoisotopic (exact) mass is 309 g/mol. The van der Waals surface area contributed by atoms with Gasteiger partial charge in [0, 0.05) is 18.5 Å². The highest BCUT2D eigenvalue weighted by molar-refractivity contribution is 5.77. The van der Waals surface area contributed by atoms with Gasteiger partial charge in [-0.2, -0.15) is 0 Å². The molecule has 2 aromatic carbocycles. The van der Waals surface area contributed by atoms with Gasteiger partial charge in [0.15, 0.2) is 0 Å². The Bertz CT molecular complexity index is 641. The SMILES string of the molecule is CC1C(c2ccccc2)CCN1C(=O)CC(O)c1ccccc1. The summed E-state index contributed by atoms with van der Waals surface area (Å²) in [6.45, 7) is 2.87. The Balaban J connectivity index is 1.65. The van der Waals surface area contributed by atoms with Crippen LogP contribution in [0.2, 0.25) is 0 Å². The summed E-state index contributed by atoms with van der Waals surface area (Å²) in [6.07, 6.45) is 0.403. The summed E-state index contributed by atoms with van der Waals surface area (Å²) < 4.78 is 0. The average molecular weight is 309 g/mol. The molecular weight excluding hydrogens is 286 g/mol. The molecule has 0 aliphatic carbocycles. The normalized spacial score (nSPS) is 22.1. The lowest BCUT2D eigenvalue weighted by Gasteiger charge is -2.26. The Hall–Kier alpha value is -2.13. The minimum absolute atomic E-state index is 0.0345. The fourth-order valence-corrected chi connectivity index (χ4v) is 3.51. The molecular formula is C20H23NO2. The third-order valence-electron chi connectivity index (χ3n) is 4.86. The Kier molecular flexibility index (Phi) is 4.77. The number of hydrogen-bond donors (Lipinski definition) is 1. The molecule has 0 spiro atoms. The lowest BCUT2D eigenvalue weighted by Crippen LogP contribution is -2.36. The molecule has 0 radical (unpaired) electrons. The molecule has 1 amide bonds. The molecule has 0 bridgehead atoms. The average Bonchev–Trinajstić information content (AvgIpc) is 2.98. The number of carbonyl (C=O) groups is 1. The van der Waals surface area contributed by atoms with Crippen LogP contribution in [0.1, 0.15) is 42.9 Å². The second-order valence-electron chi connectivity index (χ2n) is 6.26. The fourth-order valence-electron chi connectivity index (χ4n) is 3.51. The maximum atomic E-state index is 12.6. The van der Waals surface area contributed by atoms with Gasteiger partial charge in [0.1, 0.15) is 0 Å². The number of aliphatic hydroxyl groups excluding tert-OH is 1. The number of hydrogen-bond acceptors (Lipinski definition) is 2. The van der Waals surface area contributed by atoms with E-state index in [-0.39, 0.29) is 18.4 Å². The molecule has 0 aromatic heterocycles. The standard InChI is InChI=1S/C20H23NO2/c1-15-18(16-8-4-2-5-9-16)12-13-21(15)20(23)14-19(22)17-10-6-3-7-11-17/h2-11,15,18-19,22H,12-14H2,1H3. The first kappa shape index (κ1) is 15.8. The molecule has 2 aromatic rings. The molecule has 1 N–H and O–H groups in total. The van der Waals surface area contributed by atoms with Crippen LogP contribution in [-0.4, -0.2) is 28.5 Å². The summed E-state index contributed by atoms with van der Waals surface area (Å²) >= 11 is 0. The first-order chi connectivity index (χ1) is 11.2. The second-order valence-corrected chi connectivity index (χ2v) is 6.26. The zero-order valence-corrected chi connectivity index (χ0v) is 13.4. The minimum atomic E-state index is -0.730. The molecule has 1 heterocycles. The van der Waals surface area contributed by atoms with Crippen molar-refractivity contribution in [2.75, 3.05) is 6.54 Å². The maximum absolute atomic E-state index is 12.6. The van der Waals surface area contributed by atoms with E-state index in [0.717, 1.165) is 18.5 Å². The molecule has 3 heteroatoms. The van der Waals surface area contributed by atoms with E-state index in [1.54, 1.807) is 0 Å². The van der Waals surface area contributed by atoms with Crippen molar-refractivity contribution in [1.29, 1.82) is 0 Å². The van der Waals surface area contributed by atoms with Gasteiger partial charge in [-0.1, -0.05) is 60.7 Å². The third-order valence-corrected chi connectivity index (χ3v) is 4.86. The number of likely N-dealkylation sites (tertiary alicyclic amines) is 1. The van der Waals surface area contributed by atoms with Crippen LogP contribution in [0.15, 0.2) is 60.7 Å². The van der Waals surface area contributed by atoms with Crippen molar-refractivity contribution in [3.05, 3.63) is 71.8 Å². The van der Waals surface area contributed by atoms with Crippen LogP contribution in [0.4, 0.5) is 0 Å². The number of benzene rings is 2. The number of rotatable bonds is 4. The Labute approximate surface area is 137 Å². The summed E-state index contributed by atoms with van der Waals surface area (Å²) in [6, 6.07) is 19.9. The van der Waals surface area contributed by atoms with Gasteiger partial charge in [0.05, 0.1) is 12.5 Å². The van der Waals surface area contributed by atoms with Crippen LogP contribution in [0.3, 0.4) is 0 Å². The smallest absolute Gasteiger partial charge is 0.225 e. The molecule has 1 saturated heterocycles. The van der Waals surface area contributed by atoms with E-state index >= 15 is 0 Å². The highest BCUT2D eigenvalue weighted by atomic mass is 16.3. The van der Waals surface area contributed by atoms with Gasteiger partial charge in [-0.05, 0) is 24.5 Å². The Morgan fingerprint density at radius 2 is 1.74 bits per heavy atom. The largest absolute Gasteiger partial charge is 0.388 e. The summed E-state index contributed by atoms with van der Waals surface area (Å²) in [5.74, 6) is 0.418. The van der Waals surface area contributed by atoms with Crippen LogP contribution in [-0.2, 0) is 4.79 Å². The molecule has 1 fully saturated rings. The van der Waals surface area contributed by atoms with Crippen molar-refractivity contribution in [3.63, 3.8) is 0 Å². The molecule has 1 aliphatic heterocycles. The van der Waals surface area contributed by atoms with Crippen molar-refractivity contribution in [3.8, 4) is 0 Å². The molecule has 3 unspecified atom stereocenters. The maximum Gasteiger partial charge on any atom is 0.225 e. The van der Waals surface area contributed by atoms with Crippen molar-refractivity contribution in [1.82, 2.24) is 4.90 Å². The highest BCUT2D eigenvalue weighted by Crippen LogP contribution is 2.34. The lowest BCUT2D eigenvalue weighted by molar-refractivity contribution is -0.134. The zero-order valence-electron chi connectivity index (χ0n) is 13.4. The van der Waals surface area contributed by atoms with Gasteiger partial charge in [-0.3, -0.25) is 4.79 Å². The van der Waals surface area contributed by atoms with Crippen LogP contribution in [0.25, 0.3) is 0 Å². The Morgan fingerprint density at radius 3 is 2.39 bits per heavy atom. The molecule has 3 nitrogen and oxygen atoms in total. The summed E-state index contributed by atoms with van der Waals surface area (Å²) in [7, 11) is 0. The van der Waals surface area contributed by atoms with Crippen LogP contribution >= 0.6 is 0 Å². The third kappa shape index (κ3) is 3.45. The molecule has 1 aliphatic rings. The fraction of sp³-hybridized carbons (Fsp3) is 0.350. The number of amides is 1. The van der Waals surface area contributed by atoms with E-state index < -0.39 is 6.10 Å². The van der Waals surface area contributed by atoms with E-state index in [1.165, 1.54) is 5.56 Å². The summed E-state index contributed by atoms with van der Waals surface area (Å²) in [5.41, 5.74) is 2.09. The number of nitrogens with zero attached hydrogens (tertiary/aromatic N) is 1. The van der Waals surface area contributed by atoms with E-state index in [2.05, 4.69) is 19.1 Å².